The van der Waals surface area contributed by atoms with Gasteiger partial charge in [-0.3, -0.25) is 9.59 Å². The predicted octanol–water partition coefficient (Wildman–Crippen LogP) is 2.70. The summed E-state index contributed by atoms with van der Waals surface area (Å²) in [6, 6.07) is 9.73. The molecular weight excluding hydrogens is 250 g/mol. The molecule has 0 saturated carbocycles. The van der Waals surface area contributed by atoms with Crippen molar-refractivity contribution >= 4 is 28.9 Å². The molecule has 0 fully saturated rings. The highest BCUT2D eigenvalue weighted by Crippen LogP contribution is 2.33. The lowest BCUT2D eigenvalue weighted by atomic mass is 9.83. The molecule has 0 amide bonds. The summed E-state index contributed by atoms with van der Waals surface area (Å²) in [4.78, 5) is 24.7. The first-order valence-electron chi connectivity index (χ1n) is 5.37. The van der Waals surface area contributed by atoms with Crippen LogP contribution in [-0.2, 0) is 0 Å². The summed E-state index contributed by atoms with van der Waals surface area (Å²) in [5.74, 6) is -0.502. The molecule has 2 aromatic rings. The first-order valence-corrected chi connectivity index (χ1v) is 5.75. The van der Waals surface area contributed by atoms with E-state index in [1.807, 2.05) is 0 Å². The van der Waals surface area contributed by atoms with Gasteiger partial charge in [-0.05, 0) is 12.1 Å². The van der Waals surface area contributed by atoms with Gasteiger partial charge in [-0.15, -0.1) is 0 Å². The zero-order valence-corrected chi connectivity index (χ0v) is 9.99. The largest absolute Gasteiger partial charge is 0.398 e. The van der Waals surface area contributed by atoms with Crippen molar-refractivity contribution in [3.63, 3.8) is 0 Å². The lowest BCUT2D eigenvalue weighted by Gasteiger charge is -2.19. The van der Waals surface area contributed by atoms with Gasteiger partial charge in [0.05, 0.1) is 16.1 Å². The minimum atomic E-state index is -0.289. The van der Waals surface area contributed by atoms with Gasteiger partial charge in [-0.1, -0.05) is 35.9 Å². The van der Waals surface area contributed by atoms with E-state index < -0.39 is 0 Å². The molecule has 18 heavy (non-hydrogen) atoms. The van der Waals surface area contributed by atoms with Gasteiger partial charge in [0.25, 0.3) is 0 Å². The molecule has 1 aliphatic rings. The number of carbonyl (C=O) groups is 2. The molecule has 3 rings (SSSR count). The van der Waals surface area contributed by atoms with Crippen LogP contribution >= 0.6 is 11.6 Å². The molecule has 1 aliphatic carbocycles. The lowest BCUT2D eigenvalue weighted by molar-refractivity contribution is 0.0980. The van der Waals surface area contributed by atoms with Gasteiger partial charge < -0.3 is 5.73 Å². The van der Waals surface area contributed by atoms with Crippen LogP contribution in [0.3, 0.4) is 0 Å². The fourth-order valence-electron chi connectivity index (χ4n) is 2.23. The summed E-state index contributed by atoms with van der Waals surface area (Å²) in [5, 5.41) is 0.278. The van der Waals surface area contributed by atoms with Crippen molar-refractivity contribution in [2.24, 2.45) is 0 Å². The fraction of sp³-hybridized carbons (Fsp3) is 0. The lowest BCUT2D eigenvalue weighted by Crippen LogP contribution is -2.22. The summed E-state index contributed by atoms with van der Waals surface area (Å²) in [6.45, 7) is 0. The Labute approximate surface area is 108 Å². The molecule has 0 radical (unpaired) electrons. The number of anilines is 1. The maximum absolute atomic E-state index is 12.4. The number of fused-ring (bicyclic) bond motifs is 2. The zero-order valence-electron chi connectivity index (χ0n) is 9.24. The Balaban J connectivity index is 2.40. The van der Waals surface area contributed by atoms with Crippen LogP contribution in [0.2, 0.25) is 5.02 Å². The summed E-state index contributed by atoms with van der Waals surface area (Å²) < 4.78 is 0. The zero-order chi connectivity index (χ0) is 12.9. The van der Waals surface area contributed by atoms with E-state index in [-0.39, 0.29) is 27.7 Å². The molecule has 0 saturated heterocycles. The molecule has 0 spiro atoms. The minimum Gasteiger partial charge on any atom is -0.398 e. The molecule has 0 heterocycles. The van der Waals surface area contributed by atoms with E-state index in [1.54, 1.807) is 36.4 Å². The summed E-state index contributed by atoms with van der Waals surface area (Å²) >= 11 is 6.01. The van der Waals surface area contributed by atoms with Crippen LogP contribution in [0.4, 0.5) is 5.69 Å². The molecule has 3 nitrogen and oxygen atoms in total. The molecule has 2 N–H and O–H groups in total. The standard InChI is InChI=1S/C14H8ClNO2/c15-9-5-1-3-7-11(9)14(18)12-8(13(7)17)4-2-6-10(12)16/h1-6H,16H2. The molecule has 0 unspecified atom stereocenters. The molecule has 2 aromatic carbocycles. The smallest absolute Gasteiger partial charge is 0.198 e. The Morgan fingerprint density at radius 2 is 1.44 bits per heavy atom. The number of rotatable bonds is 0. The van der Waals surface area contributed by atoms with Gasteiger partial charge in [0.15, 0.2) is 11.6 Å². The topological polar surface area (TPSA) is 60.2 Å². The van der Waals surface area contributed by atoms with E-state index in [0.29, 0.717) is 16.8 Å². The average Bonchev–Trinajstić information content (AvgIpc) is 2.35. The normalized spacial score (nSPS) is 13.2. The first-order chi connectivity index (χ1) is 8.61. The fourth-order valence-corrected chi connectivity index (χ4v) is 2.49. The van der Waals surface area contributed by atoms with Crippen molar-refractivity contribution in [1.82, 2.24) is 0 Å². The third kappa shape index (κ3) is 1.31. The number of nitrogen functional groups attached to an aromatic ring is 1. The van der Waals surface area contributed by atoms with E-state index in [0.717, 1.165) is 0 Å². The van der Waals surface area contributed by atoms with Crippen LogP contribution in [0.15, 0.2) is 36.4 Å². The Kier molecular flexibility index (Phi) is 2.25. The first kappa shape index (κ1) is 11.0. The number of hydrogen-bond donors (Lipinski definition) is 1. The van der Waals surface area contributed by atoms with E-state index in [1.165, 1.54) is 0 Å². The van der Waals surface area contributed by atoms with E-state index in [4.69, 9.17) is 17.3 Å². The van der Waals surface area contributed by atoms with E-state index in [2.05, 4.69) is 0 Å². The highest BCUT2D eigenvalue weighted by Gasteiger charge is 2.32. The van der Waals surface area contributed by atoms with Crippen LogP contribution in [0.1, 0.15) is 31.8 Å². The average molecular weight is 258 g/mol. The number of ketones is 2. The van der Waals surface area contributed by atoms with Gasteiger partial charge in [-0.25, -0.2) is 0 Å². The Hall–Kier alpha value is -2.13. The Morgan fingerprint density at radius 1 is 0.833 bits per heavy atom. The highest BCUT2D eigenvalue weighted by atomic mass is 35.5. The van der Waals surface area contributed by atoms with Crippen molar-refractivity contribution in [1.29, 1.82) is 0 Å². The van der Waals surface area contributed by atoms with Gasteiger partial charge in [0, 0.05) is 16.8 Å². The monoisotopic (exact) mass is 257 g/mol. The van der Waals surface area contributed by atoms with Crippen LogP contribution < -0.4 is 5.73 Å². The maximum atomic E-state index is 12.4. The van der Waals surface area contributed by atoms with Crippen molar-refractivity contribution in [2.75, 3.05) is 5.73 Å². The minimum absolute atomic E-state index is 0.214. The molecule has 4 heteroatoms. The van der Waals surface area contributed by atoms with Crippen LogP contribution in [-0.4, -0.2) is 11.6 Å². The van der Waals surface area contributed by atoms with Crippen molar-refractivity contribution in [3.8, 4) is 0 Å². The quantitative estimate of drug-likeness (QED) is 0.630. The van der Waals surface area contributed by atoms with E-state index >= 15 is 0 Å². The van der Waals surface area contributed by atoms with Gasteiger partial charge in [-0.2, -0.15) is 0 Å². The summed E-state index contributed by atoms with van der Waals surface area (Å²) in [6.07, 6.45) is 0. The van der Waals surface area contributed by atoms with Crippen LogP contribution in [0, 0.1) is 0 Å². The second-order valence-corrected chi connectivity index (χ2v) is 4.50. The van der Waals surface area contributed by atoms with Gasteiger partial charge in [0.1, 0.15) is 0 Å². The van der Waals surface area contributed by atoms with Gasteiger partial charge in [0.2, 0.25) is 0 Å². The van der Waals surface area contributed by atoms with Crippen LogP contribution in [0.25, 0.3) is 0 Å². The van der Waals surface area contributed by atoms with Crippen LogP contribution in [0.5, 0.6) is 0 Å². The molecule has 0 aromatic heterocycles. The number of carbonyl (C=O) groups excluding carboxylic acids is 2. The maximum Gasteiger partial charge on any atom is 0.198 e. The van der Waals surface area contributed by atoms with Crippen molar-refractivity contribution in [3.05, 3.63) is 63.7 Å². The number of halogens is 1. The Morgan fingerprint density at radius 3 is 2.17 bits per heavy atom. The molecule has 0 aliphatic heterocycles. The number of hydrogen-bond acceptors (Lipinski definition) is 3. The third-order valence-electron chi connectivity index (χ3n) is 3.05. The SMILES string of the molecule is Nc1cccc2c1C(=O)c1c(Cl)cccc1C2=O. The molecular formula is C14H8ClNO2. The second kappa shape index (κ2) is 3.68. The second-order valence-electron chi connectivity index (χ2n) is 4.09. The third-order valence-corrected chi connectivity index (χ3v) is 3.37. The summed E-state index contributed by atoms with van der Waals surface area (Å²) in [5.41, 5.74) is 7.27. The highest BCUT2D eigenvalue weighted by molar-refractivity contribution is 6.39. The Bertz CT molecular complexity index is 649. The van der Waals surface area contributed by atoms with Crippen molar-refractivity contribution in [2.45, 2.75) is 0 Å². The van der Waals surface area contributed by atoms with E-state index in [9.17, 15) is 9.59 Å². The molecule has 88 valence electrons. The number of benzene rings is 2. The number of nitrogens with two attached hydrogens (primary N) is 1. The van der Waals surface area contributed by atoms with Gasteiger partial charge >= 0.3 is 0 Å². The predicted molar refractivity (Wildman–Crippen MR) is 69.2 cm³/mol. The summed E-state index contributed by atoms with van der Waals surface area (Å²) in [7, 11) is 0. The molecule has 0 bridgehead atoms. The molecule has 0 atom stereocenters. The van der Waals surface area contributed by atoms with Crippen molar-refractivity contribution < 1.29 is 9.59 Å².